The van der Waals surface area contributed by atoms with Crippen molar-refractivity contribution in [2.75, 3.05) is 5.32 Å². The molecule has 0 aliphatic rings. The number of fused-ring (bicyclic) bond motifs is 1. The number of hydrogen-bond acceptors (Lipinski definition) is 6. The molecule has 0 amide bonds. The largest absolute Gasteiger partial charge is 0.340 e. The zero-order valence-corrected chi connectivity index (χ0v) is 10.8. The van der Waals surface area contributed by atoms with Gasteiger partial charge in [0.05, 0.1) is 11.3 Å². The van der Waals surface area contributed by atoms with E-state index in [1.807, 2.05) is 0 Å². The third-order valence-corrected chi connectivity index (χ3v) is 2.89. The maximum atomic E-state index is 13.9. The quantitative estimate of drug-likeness (QED) is 0.251. The van der Waals surface area contributed by atoms with Gasteiger partial charge in [-0.3, -0.25) is 10.1 Å². The molecular formula is C11H4F4N6O2. The molecule has 12 heteroatoms. The predicted octanol–water partition coefficient (Wildman–Crippen LogP) is 2.56. The normalized spacial score (nSPS) is 11.0. The highest BCUT2D eigenvalue weighted by Crippen LogP contribution is 2.36. The van der Waals surface area contributed by atoms with Crippen LogP contribution < -0.4 is 5.32 Å². The zero-order valence-electron chi connectivity index (χ0n) is 10.8. The average molecular weight is 328 g/mol. The summed E-state index contributed by atoms with van der Waals surface area (Å²) in [4.78, 5) is 23.3. The number of imidazole rings is 1. The number of benzene rings is 1. The van der Waals surface area contributed by atoms with E-state index in [0.29, 0.717) is 0 Å². The molecule has 0 aliphatic heterocycles. The fourth-order valence-electron chi connectivity index (χ4n) is 1.88. The van der Waals surface area contributed by atoms with E-state index in [1.165, 1.54) is 6.33 Å². The third-order valence-electron chi connectivity index (χ3n) is 2.89. The van der Waals surface area contributed by atoms with E-state index in [1.54, 1.807) is 0 Å². The molecule has 0 saturated heterocycles. The van der Waals surface area contributed by atoms with Gasteiger partial charge in [-0.25, -0.2) is 28.1 Å². The Hall–Kier alpha value is -3.31. The van der Waals surface area contributed by atoms with Gasteiger partial charge in [0.2, 0.25) is 11.6 Å². The van der Waals surface area contributed by atoms with E-state index < -0.39 is 39.6 Å². The number of nitro benzene ring substituents is 1. The third kappa shape index (κ3) is 2.20. The van der Waals surface area contributed by atoms with Crippen molar-refractivity contribution >= 4 is 28.4 Å². The molecule has 0 atom stereocenters. The van der Waals surface area contributed by atoms with E-state index in [9.17, 15) is 27.7 Å². The number of aromatic nitrogens is 4. The molecular weight excluding hydrogens is 324 g/mol. The number of aromatic amines is 1. The zero-order chi connectivity index (χ0) is 16.7. The number of nitro groups is 1. The summed E-state index contributed by atoms with van der Waals surface area (Å²) in [5, 5.41) is 13.0. The molecule has 0 fully saturated rings. The molecule has 0 aliphatic carbocycles. The van der Waals surface area contributed by atoms with E-state index in [0.717, 1.165) is 6.33 Å². The summed E-state index contributed by atoms with van der Waals surface area (Å²) in [7, 11) is 0. The Kier molecular flexibility index (Phi) is 3.28. The molecule has 0 saturated carbocycles. The summed E-state index contributed by atoms with van der Waals surface area (Å²) in [6, 6.07) is 0. The van der Waals surface area contributed by atoms with Crippen molar-refractivity contribution < 1.29 is 22.5 Å². The SMILES string of the molecule is O=[N+]([O-])c1c(F)c(F)c(F)c(F)c1Nc1ncnc2nc[nH]c12. The molecule has 0 spiro atoms. The maximum Gasteiger partial charge on any atom is 0.334 e. The first-order chi connectivity index (χ1) is 10.9. The van der Waals surface area contributed by atoms with Crippen LogP contribution in [0.3, 0.4) is 0 Å². The minimum atomic E-state index is -2.28. The summed E-state index contributed by atoms with van der Waals surface area (Å²) in [6.45, 7) is 0. The average Bonchev–Trinajstić information content (AvgIpc) is 2.99. The standard InChI is InChI=1S/C11H4F4N6O2/c12-3-4(13)6(15)9(21(22)23)7(5(3)14)20-11-8-10(17-1-16-8)18-2-19-11/h1-2H,(H2,16,17,18,19,20). The maximum absolute atomic E-state index is 13.9. The van der Waals surface area contributed by atoms with Gasteiger partial charge in [0, 0.05) is 0 Å². The summed E-state index contributed by atoms with van der Waals surface area (Å²) < 4.78 is 54.0. The molecule has 1 aromatic carbocycles. The van der Waals surface area contributed by atoms with E-state index in [4.69, 9.17) is 0 Å². The first-order valence-electron chi connectivity index (χ1n) is 5.83. The lowest BCUT2D eigenvalue weighted by Crippen LogP contribution is -2.09. The van der Waals surface area contributed by atoms with Gasteiger partial charge in [-0.1, -0.05) is 0 Å². The van der Waals surface area contributed by atoms with Crippen molar-refractivity contribution in [3.05, 3.63) is 46.0 Å². The highest BCUT2D eigenvalue weighted by Gasteiger charge is 2.33. The van der Waals surface area contributed by atoms with Crippen LogP contribution in [-0.4, -0.2) is 24.9 Å². The van der Waals surface area contributed by atoms with Crippen molar-refractivity contribution in [3.8, 4) is 0 Å². The summed E-state index contributed by atoms with van der Waals surface area (Å²) >= 11 is 0. The molecule has 2 aromatic heterocycles. The summed E-state index contributed by atoms with van der Waals surface area (Å²) in [6.07, 6.45) is 2.20. The van der Waals surface area contributed by atoms with Gasteiger partial charge in [0.25, 0.3) is 0 Å². The van der Waals surface area contributed by atoms with Gasteiger partial charge in [0.15, 0.2) is 28.8 Å². The lowest BCUT2D eigenvalue weighted by Gasteiger charge is -2.09. The molecule has 23 heavy (non-hydrogen) atoms. The van der Waals surface area contributed by atoms with Crippen LogP contribution in [0.15, 0.2) is 12.7 Å². The molecule has 0 radical (unpaired) electrons. The topological polar surface area (TPSA) is 110 Å². The van der Waals surface area contributed by atoms with Crippen LogP contribution in [0.5, 0.6) is 0 Å². The lowest BCUT2D eigenvalue weighted by atomic mass is 10.2. The smallest absolute Gasteiger partial charge is 0.334 e. The van der Waals surface area contributed by atoms with Crippen LogP contribution in [0.25, 0.3) is 11.2 Å². The molecule has 0 bridgehead atoms. The van der Waals surface area contributed by atoms with Crippen molar-refractivity contribution in [2.45, 2.75) is 0 Å². The van der Waals surface area contributed by atoms with Crippen molar-refractivity contribution in [3.63, 3.8) is 0 Å². The van der Waals surface area contributed by atoms with Gasteiger partial charge in [-0.05, 0) is 0 Å². The number of H-pyrrole nitrogens is 1. The number of nitrogens with zero attached hydrogens (tertiary/aromatic N) is 4. The number of halogens is 4. The monoisotopic (exact) mass is 328 g/mol. The van der Waals surface area contributed by atoms with Crippen LogP contribution in [-0.2, 0) is 0 Å². The van der Waals surface area contributed by atoms with Crippen LogP contribution in [0.1, 0.15) is 0 Å². The summed E-state index contributed by atoms with van der Waals surface area (Å²) in [5.41, 5.74) is -2.58. The fraction of sp³-hybridized carbons (Fsp3) is 0. The number of rotatable bonds is 3. The molecule has 2 N–H and O–H groups in total. The minimum absolute atomic E-state index is 0.103. The van der Waals surface area contributed by atoms with E-state index in [2.05, 4.69) is 25.3 Å². The van der Waals surface area contributed by atoms with Crippen LogP contribution in [0.2, 0.25) is 0 Å². The molecule has 3 rings (SSSR count). The van der Waals surface area contributed by atoms with Crippen molar-refractivity contribution in [2.24, 2.45) is 0 Å². The lowest BCUT2D eigenvalue weighted by molar-refractivity contribution is -0.387. The molecule has 0 unspecified atom stereocenters. The highest BCUT2D eigenvalue weighted by molar-refractivity contribution is 5.86. The minimum Gasteiger partial charge on any atom is -0.340 e. The number of anilines is 2. The molecule has 3 aromatic rings. The Bertz CT molecular complexity index is 944. The Morgan fingerprint density at radius 1 is 1.04 bits per heavy atom. The van der Waals surface area contributed by atoms with Gasteiger partial charge in [-0.2, -0.15) is 4.39 Å². The Morgan fingerprint density at radius 2 is 1.74 bits per heavy atom. The first kappa shape index (κ1) is 14.6. The Balaban J connectivity index is 2.24. The fourth-order valence-corrected chi connectivity index (χ4v) is 1.88. The van der Waals surface area contributed by atoms with Crippen LogP contribution >= 0.6 is 0 Å². The number of hydrogen-bond donors (Lipinski definition) is 2. The molecule has 2 heterocycles. The predicted molar refractivity (Wildman–Crippen MR) is 67.9 cm³/mol. The van der Waals surface area contributed by atoms with Gasteiger partial charge >= 0.3 is 5.69 Å². The van der Waals surface area contributed by atoms with E-state index >= 15 is 0 Å². The van der Waals surface area contributed by atoms with Gasteiger partial charge in [-0.15, -0.1) is 0 Å². The first-order valence-corrected chi connectivity index (χ1v) is 5.83. The van der Waals surface area contributed by atoms with Gasteiger partial charge in [0.1, 0.15) is 11.8 Å². The highest BCUT2D eigenvalue weighted by atomic mass is 19.2. The summed E-state index contributed by atoms with van der Waals surface area (Å²) in [5.74, 6) is -8.80. The Morgan fingerprint density at radius 3 is 2.43 bits per heavy atom. The molecule has 118 valence electrons. The number of nitrogens with one attached hydrogen (secondary N) is 2. The Labute approximate surface area is 123 Å². The second kappa shape index (κ2) is 5.15. The van der Waals surface area contributed by atoms with Crippen molar-refractivity contribution in [1.29, 1.82) is 0 Å². The second-order valence-electron chi connectivity index (χ2n) is 4.19. The van der Waals surface area contributed by atoms with Crippen LogP contribution in [0, 0.1) is 33.4 Å². The van der Waals surface area contributed by atoms with Crippen molar-refractivity contribution in [1.82, 2.24) is 19.9 Å². The van der Waals surface area contributed by atoms with Gasteiger partial charge < -0.3 is 10.3 Å². The second-order valence-corrected chi connectivity index (χ2v) is 4.19. The van der Waals surface area contributed by atoms with E-state index in [-0.39, 0.29) is 17.0 Å². The molecule has 8 nitrogen and oxygen atoms in total. The van der Waals surface area contributed by atoms with Crippen LogP contribution in [0.4, 0.5) is 34.8 Å².